The van der Waals surface area contributed by atoms with Crippen LogP contribution < -0.4 is 4.74 Å². The van der Waals surface area contributed by atoms with Gasteiger partial charge in [0, 0.05) is 11.5 Å². The number of carbonyl (C=O) groups excluding carboxylic acids is 1. The summed E-state index contributed by atoms with van der Waals surface area (Å²) in [4.78, 5) is 12.5. The number of ether oxygens (including phenoxy) is 3. The molecule has 0 atom stereocenters. The van der Waals surface area contributed by atoms with E-state index in [4.69, 9.17) is 14.2 Å². The van der Waals surface area contributed by atoms with Crippen molar-refractivity contribution < 1.29 is 27.8 Å². The SMILES string of the molecule is CCCCCCCCCC1COC(c2ccc(C(=O)Oc3ccc(CCCCC)c(F)c3F)cc2)OC1. The molecule has 0 radical (unpaired) electrons. The number of unbranched alkanes of at least 4 members (excludes halogenated alkanes) is 8. The van der Waals surface area contributed by atoms with Gasteiger partial charge in [0.2, 0.25) is 5.82 Å². The zero-order valence-electron chi connectivity index (χ0n) is 22.4. The van der Waals surface area contributed by atoms with E-state index in [1.54, 1.807) is 24.3 Å². The van der Waals surface area contributed by atoms with Crippen molar-refractivity contribution in [3.8, 4) is 5.75 Å². The molecule has 204 valence electrons. The predicted octanol–water partition coefficient (Wildman–Crippen LogP) is 8.72. The van der Waals surface area contributed by atoms with Crippen molar-refractivity contribution in [3.05, 3.63) is 64.7 Å². The second-order valence-corrected chi connectivity index (χ2v) is 10.1. The van der Waals surface area contributed by atoms with Gasteiger partial charge in [0.15, 0.2) is 17.9 Å². The number of hydrogen-bond acceptors (Lipinski definition) is 4. The summed E-state index contributed by atoms with van der Waals surface area (Å²) in [6.45, 7) is 5.60. The Hall–Kier alpha value is -2.31. The van der Waals surface area contributed by atoms with E-state index in [0.29, 0.717) is 31.1 Å². The van der Waals surface area contributed by atoms with Crippen molar-refractivity contribution in [1.82, 2.24) is 0 Å². The topological polar surface area (TPSA) is 44.8 Å². The average Bonchev–Trinajstić information content (AvgIpc) is 2.92. The second kappa shape index (κ2) is 15.8. The standard InChI is InChI=1S/C31H42F2O4/c1-3-5-7-8-9-10-12-13-23-21-35-31(36-22-23)26-17-15-25(16-18-26)30(34)37-27-20-19-24(14-11-6-4-2)28(32)29(27)33/h15-20,23,31H,3-14,21-22H2,1-2H3. The lowest BCUT2D eigenvalue weighted by Crippen LogP contribution is -2.27. The minimum Gasteiger partial charge on any atom is -0.420 e. The zero-order valence-corrected chi connectivity index (χ0v) is 22.4. The molecule has 0 unspecified atom stereocenters. The van der Waals surface area contributed by atoms with Crippen LogP contribution in [0.25, 0.3) is 0 Å². The Morgan fingerprint density at radius 3 is 2.11 bits per heavy atom. The van der Waals surface area contributed by atoms with Crippen LogP contribution in [0.4, 0.5) is 8.78 Å². The fourth-order valence-corrected chi connectivity index (χ4v) is 4.64. The minimum absolute atomic E-state index is 0.239. The van der Waals surface area contributed by atoms with E-state index < -0.39 is 29.6 Å². The Balaban J connectivity index is 1.44. The summed E-state index contributed by atoms with van der Waals surface area (Å²) in [5, 5.41) is 0. The van der Waals surface area contributed by atoms with Crippen LogP contribution in [0.5, 0.6) is 5.75 Å². The first-order valence-corrected chi connectivity index (χ1v) is 14.1. The van der Waals surface area contributed by atoms with Crippen LogP contribution in [0.2, 0.25) is 0 Å². The molecule has 1 aliphatic heterocycles. The number of benzene rings is 2. The van der Waals surface area contributed by atoms with E-state index in [2.05, 4.69) is 13.8 Å². The van der Waals surface area contributed by atoms with Gasteiger partial charge in [0.25, 0.3) is 0 Å². The molecular formula is C31H42F2O4. The fraction of sp³-hybridized carbons (Fsp3) is 0.581. The normalized spacial score (nSPS) is 17.6. The van der Waals surface area contributed by atoms with Crippen molar-refractivity contribution in [2.24, 2.45) is 5.92 Å². The van der Waals surface area contributed by atoms with Crippen molar-refractivity contribution in [3.63, 3.8) is 0 Å². The third-order valence-corrected chi connectivity index (χ3v) is 6.98. The maximum absolute atomic E-state index is 14.5. The van der Waals surface area contributed by atoms with Gasteiger partial charge in [-0.05, 0) is 43.0 Å². The van der Waals surface area contributed by atoms with Gasteiger partial charge in [-0.25, -0.2) is 9.18 Å². The highest BCUT2D eigenvalue weighted by molar-refractivity contribution is 5.91. The lowest BCUT2D eigenvalue weighted by Gasteiger charge is -2.29. The Morgan fingerprint density at radius 1 is 0.811 bits per heavy atom. The monoisotopic (exact) mass is 516 g/mol. The fourth-order valence-electron chi connectivity index (χ4n) is 4.64. The number of hydrogen-bond donors (Lipinski definition) is 0. The molecule has 0 bridgehead atoms. The Bertz CT molecular complexity index is 952. The van der Waals surface area contributed by atoms with Gasteiger partial charge in [-0.2, -0.15) is 4.39 Å². The molecule has 1 fully saturated rings. The number of carbonyl (C=O) groups is 1. The summed E-state index contributed by atoms with van der Waals surface area (Å²) in [6, 6.07) is 9.46. The lowest BCUT2D eigenvalue weighted by atomic mass is 10.0. The van der Waals surface area contributed by atoms with Crippen LogP contribution in [0.1, 0.15) is 112 Å². The highest BCUT2D eigenvalue weighted by atomic mass is 19.2. The molecule has 0 aliphatic carbocycles. The molecule has 0 N–H and O–H groups in total. The van der Waals surface area contributed by atoms with Crippen molar-refractivity contribution in [1.29, 1.82) is 0 Å². The Labute approximate surface area is 220 Å². The van der Waals surface area contributed by atoms with Crippen LogP contribution in [-0.4, -0.2) is 19.2 Å². The maximum Gasteiger partial charge on any atom is 0.343 e. The third-order valence-electron chi connectivity index (χ3n) is 6.98. The predicted molar refractivity (Wildman–Crippen MR) is 142 cm³/mol. The number of aryl methyl sites for hydroxylation is 1. The summed E-state index contributed by atoms with van der Waals surface area (Å²) < 4.78 is 45.8. The quantitative estimate of drug-likeness (QED) is 0.135. The summed E-state index contributed by atoms with van der Waals surface area (Å²) in [6.07, 6.45) is 12.9. The average molecular weight is 517 g/mol. The van der Waals surface area contributed by atoms with Gasteiger partial charge in [-0.3, -0.25) is 0 Å². The molecule has 1 aliphatic rings. The molecule has 0 spiro atoms. The lowest BCUT2D eigenvalue weighted by molar-refractivity contribution is -0.206. The molecule has 0 aromatic heterocycles. The number of esters is 1. The second-order valence-electron chi connectivity index (χ2n) is 10.1. The van der Waals surface area contributed by atoms with E-state index in [-0.39, 0.29) is 5.56 Å². The molecule has 3 rings (SSSR count). The van der Waals surface area contributed by atoms with Gasteiger partial charge < -0.3 is 14.2 Å². The maximum atomic E-state index is 14.5. The summed E-state index contributed by atoms with van der Waals surface area (Å²) in [7, 11) is 0. The van der Waals surface area contributed by atoms with E-state index in [1.165, 1.54) is 57.1 Å². The number of rotatable bonds is 15. The van der Waals surface area contributed by atoms with Crippen molar-refractivity contribution in [2.45, 2.75) is 97.2 Å². The molecule has 2 aromatic carbocycles. The zero-order chi connectivity index (χ0) is 26.5. The Morgan fingerprint density at radius 2 is 1.43 bits per heavy atom. The van der Waals surface area contributed by atoms with E-state index in [0.717, 1.165) is 31.2 Å². The van der Waals surface area contributed by atoms with Gasteiger partial charge >= 0.3 is 5.97 Å². The van der Waals surface area contributed by atoms with Crippen LogP contribution in [0, 0.1) is 17.6 Å². The first kappa shape index (κ1) is 29.2. The minimum atomic E-state index is -1.13. The summed E-state index contributed by atoms with van der Waals surface area (Å²) >= 11 is 0. The first-order valence-electron chi connectivity index (χ1n) is 14.1. The molecule has 6 heteroatoms. The van der Waals surface area contributed by atoms with Gasteiger partial charge in [-0.1, -0.05) is 89.8 Å². The number of halogens is 2. The van der Waals surface area contributed by atoms with Crippen LogP contribution in [-0.2, 0) is 15.9 Å². The van der Waals surface area contributed by atoms with Crippen LogP contribution >= 0.6 is 0 Å². The van der Waals surface area contributed by atoms with Crippen molar-refractivity contribution in [2.75, 3.05) is 13.2 Å². The molecule has 4 nitrogen and oxygen atoms in total. The van der Waals surface area contributed by atoms with E-state index >= 15 is 0 Å². The smallest absolute Gasteiger partial charge is 0.343 e. The van der Waals surface area contributed by atoms with Crippen molar-refractivity contribution >= 4 is 5.97 Å². The highest BCUT2D eigenvalue weighted by Crippen LogP contribution is 2.29. The Kier molecular flexibility index (Phi) is 12.5. The molecule has 1 heterocycles. The highest BCUT2D eigenvalue weighted by Gasteiger charge is 2.24. The molecular weight excluding hydrogens is 474 g/mol. The van der Waals surface area contributed by atoms with Gasteiger partial charge in [0.05, 0.1) is 18.8 Å². The molecule has 37 heavy (non-hydrogen) atoms. The largest absolute Gasteiger partial charge is 0.420 e. The van der Waals surface area contributed by atoms with Gasteiger partial charge in [0.1, 0.15) is 0 Å². The first-order chi connectivity index (χ1) is 18.0. The summed E-state index contributed by atoms with van der Waals surface area (Å²) in [5.41, 5.74) is 1.34. The molecule has 0 amide bonds. The summed E-state index contributed by atoms with van der Waals surface area (Å²) in [5.74, 6) is -2.82. The molecule has 0 saturated carbocycles. The third kappa shape index (κ3) is 9.19. The van der Waals surface area contributed by atoms with Crippen LogP contribution in [0.3, 0.4) is 0 Å². The van der Waals surface area contributed by atoms with Crippen LogP contribution in [0.15, 0.2) is 36.4 Å². The molecule has 2 aromatic rings. The molecule has 1 saturated heterocycles. The van der Waals surface area contributed by atoms with E-state index in [1.807, 2.05) is 0 Å². The van der Waals surface area contributed by atoms with Gasteiger partial charge in [-0.15, -0.1) is 0 Å². The van der Waals surface area contributed by atoms with E-state index in [9.17, 15) is 13.6 Å².